The molecule has 1 aromatic heterocycles. The van der Waals surface area contributed by atoms with Crippen LogP contribution < -0.4 is 0 Å². The summed E-state index contributed by atoms with van der Waals surface area (Å²) >= 11 is 0. The molecule has 0 amide bonds. The van der Waals surface area contributed by atoms with Gasteiger partial charge in [0.2, 0.25) is 0 Å². The van der Waals surface area contributed by atoms with Crippen LogP contribution >= 0.6 is 0 Å². The van der Waals surface area contributed by atoms with Gasteiger partial charge in [-0.3, -0.25) is 4.79 Å². The maximum absolute atomic E-state index is 13.8. The number of carbonyl (C=O) groups is 1. The second-order valence-electron chi connectivity index (χ2n) is 5.47. The standard InChI is InChI=1S/C15H17FN2O2/c1-18-12-8-4-7-11(16)13(12)17-14(18)9-5-2-3-6-10(9)15(19)20/h4,7-10H,2-3,5-6H2,1H3,(H,19,20). The molecule has 1 saturated carbocycles. The van der Waals surface area contributed by atoms with Gasteiger partial charge in [-0.05, 0) is 25.0 Å². The molecule has 1 aliphatic carbocycles. The van der Waals surface area contributed by atoms with Crippen molar-refractivity contribution in [2.75, 3.05) is 0 Å². The number of carboxylic acids is 1. The number of imidazole rings is 1. The highest BCUT2D eigenvalue weighted by Gasteiger charge is 2.34. The van der Waals surface area contributed by atoms with Gasteiger partial charge in [0.1, 0.15) is 11.3 Å². The lowest BCUT2D eigenvalue weighted by Crippen LogP contribution is -2.27. The fourth-order valence-corrected chi connectivity index (χ4v) is 3.27. The van der Waals surface area contributed by atoms with Gasteiger partial charge < -0.3 is 9.67 Å². The Kier molecular flexibility index (Phi) is 3.20. The fraction of sp³-hybridized carbons (Fsp3) is 0.467. The molecule has 20 heavy (non-hydrogen) atoms. The van der Waals surface area contributed by atoms with Crippen LogP contribution in [-0.2, 0) is 11.8 Å². The number of hydrogen-bond acceptors (Lipinski definition) is 2. The Morgan fingerprint density at radius 3 is 2.85 bits per heavy atom. The molecule has 1 aliphatic rings. The van der Waals surface area contributed by atoms with Crippen LogP contribution in [0.4, 0.5) is 4.39 Å². The molecule has 5 heteroatoms. The zero-order valence-electron chi connectivity index (χ0n) is 11.3. The highest BCUT2D eigenvalue weighted by molar-refractivity contribution is 5.77. The minimum Gasteiger partial charge on any atom is -0.481 e. The quantitative estimate of drug-likeness (QED) is 0.917. The molecule has 1 fully saturated rings. The summed E-state index contributed by atoms with van der Waals surface area (Å²) in [4.78, 5) is 15.8. The van der Waals surface area contributed by atoms with Crippen LogP contribution in [0.25, 0.3) is 11.0 Å². The molecule has 4 nitrogen and oxygen atoms in total. The van der Waals surface area contributed by atoms with Crippen molar-refractivity contribution < 1.29 is 14.3 Å². The van der Waals surface area contributed by atoms with E-state index in [2.05, 4.69) is 4.98 Å². The minimum absolute atomic E-state index is 0.127. The van der Waals surface area contributed by atoms with Crippen LogP contribution in [0, 0.1) is 11.7 Å². The molecule has 3 rings (SSSR count). The van der Waals surface area contributed by atoms with E-state index in [0.717, 1.165) is 24.8 Å². The monoisotopic (exact) mass is 276 g/mol. The van der Waals surface area contributed by atoms with Crippen molar-refractivity contribution >= 4 is 17.0 Å². The van der Waals surface area contributed by atoms with Gasteiger partial charge in [0.05, 0.1) is 11.4 Å². The number of benzene rings is 1. The highest BCUT2D eigenvalue weighted by atomic mass is 19.1. The van der Waals surface area contributed by atoms with Gasteiger partial charge in [-0.1, -0.05) is 18.9 Å². The molecule has 106 valence electrons. The first-order valence-electron chi connectivity index (χ1n) is 6.93. The van der Waals surface area contributed by atoms with E-state index in [-0.39, 0.29) is 11.7 Å². The van der Waals surface area contributed by atoms with E-state index in [1.54, 1.807) is 6.07 Å². The number of carboxylic acid groups (broad SMARTS) is 1. The van der Waals surface area contributed by atoms with Gasteiger partial charge in [-0.15, -0.1) is 0 Å². The number of hydrogen-bond donors (Lipinski definition) is 1. The van der Waals surface area contributed by atoms with E-state index >= 15 is 0 Å². The normalized spacial score (nSPS) is 23.1. The Bertz CT molecular complexity index is 665. The summed E-state index contributed by atoms with van der Waals surface area (Å²) in [6.07, 6.45) is 3.41. The number of para-hydroxylation sites is 1. The summed E-state index contributed by atoms with van der Waals surface area (Å²) in [5.74, 6) is -0.980. The Hall–Kier alpha value is -1.91. The molecular weight excluding hydrogens is 259 g/mol. The second kappa shape index (κ2) is 4.89. The van der Waals surface area contributed by atoms with Crippen LogP contribution in [0.5, 0.6) is 0 Å². The SMILES string of the molecule is Cn1c(C2CCCCC2C(=O)O)nc2c(F)cccc21. The molecule has 1 heterocycles. The summed E-state index contributed by atoms with van der Waals surface area (Å²) in [6.45, 7) is 0. The van der Waals surface area contributed by atoms with E-state index in [9.17, 15) is 14.3 Å². The van der Waals surface area contributed by atoms with Crippen molar-refractivity contribution in [1.29, 1.82) is 0 Å². The first-order valence-corrected chi connectivity index (χ1v) is 6.93. The maximum atomic E-state index is 13.8. The minimum atomic E-state index is -0.776. The molecule has 1 aromatic carbocycles. The third kappa shape index (κ3) is 1.97. The van der Waals surface area contributed by atoms with Gasteiger partial charge in [-0.25, -0.2) is 9.37 Å². The predicted octanol–water partition coefficient (Wildman–Crippen LogP) is 3.07. The Morgan fingerprint density at radius 2 is 2.15 bits per heavy atom. The fourth-order valence-electron chi connectivity index (χ4n) is 3.27. The molecule has 0 saturated heterocycles. The third-order valence-electron chi connectivity index (χ3n) is 4.31. The zero-order chi connectivity index (χ0) is 14.3. The number of aryl methyl sites for hydroxylation is 1. The molecule has 2 atom stereocenters. The predicted molar refractivity (Wildman–Crippen MR) is 73.0 cm³/mol. The van der Waals surface area contributed by atoms with Crippen LogP contribution in [0.3, 0.4) is 0 Å². The molecular formula is C15H17FN2O2. The van der Waals surface area contributed by atoms with E-state index < -0.39 is 11.9 Å². The van der Waals surface area contributed by atoms with Crippen LogP contribution in [0.2, 0.25) is 0 Å². The van der Waals surface area contributed by atoms with Crippen molar-refractivity contribution in [2.24, 2.45) is 13.0 Å². The second-order valence-corrected chi connectivity index (χ2v) is 5.47. The molecule has 0 spiro atoms. The number of aromatic nitrogens is 2. The molecule has 0 radical (unpaired) electrons. The van der Waals surface area contributed by atoms with Crippen molar-refractivity contribution in [3.63, 3.8) is 0 Å². The summed E-state index contributed by atoms with van der Waals surface area (Å²) in [5.41, 5.74) is 1.05. The van der Waals surface area contributed by atoms with Crippen molar-refractivity contribution in [2.45, 2.75) is 31.6 Å². The molecule has 0 aliphatic heterocycles. The molecule has 2 unspecified atom stereocenters. The summed E-state index contributed by atoms with van der Waals surface area (Å²) in [6, 6.07) is 4.85. The largest absolute Gasteiger partial charge is 0.481 e. The van der Waals surface area contributed by atoms with E-state index in [4.69, 9.17) is 0 Å². The van der Waals surface area contributed by atoms with E-state index in [0.29, 0.717) is 17.8 Å². The average molecular weight is 276 g/mol. The van der Waals surface area contributed by atoms with Crippen LogP contribution in [0.1, 0.15) is 37.4 Å². The zero-order valence-corrected chi connectivity index (χ0v) is 11.3. The maximum Gasteiger partial charge on any atom is 0.307 e. The van der Waals surface area contributed by atoms with Gasteiger partial charge in [0.15, 0.2) is 5.82 Å². The Morgan fingerprint density at radius 1 is 1.40 bits per heavy atom. The van der Waals surface area contributed by atoms with E-state index in [1.165, 1.54) is 6.07 Å². The van der Waals surface area contributed by atoms with Crippen molar-refractivity contribution in [1.82, 2.24) is 9.55 Å². The lowest BCUT2D eigenvalue weighted by atomic mass is 9.79. The van der Waals surface area contributed by atoms with Gasteiger partial charge >= 0.3 is 5.97 Å². The Labute approximate surface area is 116 Å². The highest BCUT2D eigenvalue weighted by Crippen LogP contribution is 2.38. The van der Waals surface area contributed by atoms with Crippen LogP contribution in [-0.4, -0.2) is 20.6 Å². The number of nitrogens with zero attached hydrogens (tertiary/aromatic N) is 2. The third-order valence-corrected chi connectivity index (χ3v) is 4.31. The summed E-state index contributed by atoms with van der Waals surface area (Å²) in [7, 11) is 1.83. The summed E-state index contributed by atoms with van der Waals surface area (Å²) in [5, 5.41) is 9.38. The van der Waals surface area contributed by atoms with Crippen LogP contribution in [0.15, 0.2) is 18.2 Å². The van der Waals surface area contributed by atoms with Crippen molar-refractivity contribution in [3.05, 3.63) is 29.8 Å². The van der Waals surface area contributed by atoms with E-state index in [1.807, 2.05) is 17.7 Å². The van der Waals surface area contributed by atoms with Gasteiger partial charge in [0.25, 0.3) is 0 Å². The lowest BCUT2D eigenvalue weighted by molar-refractivity contribution is -0.143. The van der Waals surface area contributed by atoms with Crippen molar-refractivity contribution in [3.8, 4) is 0 Å². The number of halogens is 1. The average Bonchev–Trinajstić information content (AvgIpc) is 2.78. The summed E-state index contributed by atoms with van der Waals surface area (Å²) < 4.78 is 15.6. The number of aliphatic carboxylic acids is 1. The van der Waals surface area contributed by atoms with Gasteiger partial charge in [-0.2, -0.15) is 0 Å². The molecule has 2 aromatic rings. The van der Waals surface area contributed by atoms with Gasteiger partial charge in [0, 0.05) is 13.0 Å². The first kappa shape index (κ1) is 13.1. The number of rotatable bonds is 2. The topological polar surface area (TPSA) is 55.1 Å². The number of fused-ring (bicyclic) bond motifs is 1. The molecule has 1 N–H and O–H groups in total. The first-order chi connectivity index (χ1) is 9.59. The smallest absolute Gasteiger partial charge is 0.307 e. The molecule has 0 bridgehead atoms. The lowest BCUT2D eigenvalue weighted by Gasteiger charge is -2.27. The Balaban J connectivity index is 2.11.